The van der Waals surface area contributed by atoms with E-state index in [9.17, 15) is 4.79 Å². The summed E-state index contributed by atoms with van der Waals surface area (Å²) in [4.78, 5) is 11.6. The molecule has 0 saturated heterocycles. The van der Waals surface area contributed by atoms with Gasteiger partial charge in [-0.15, -0.1) is 6.58 Å². The molecule has 0 aliphatic heterocycles. The lowest BCUT2D eigenvalue weighted by Crippen LogP contribution is -2.41. The van der Waals surface area contributed by atoms with Crippen LogP contribution in [0.4, 0.5) is 0 Å². The average Bonchev–Trinajstić information content (AvgIpc) is 2.37. The molecule has 0 spiro atoms. The Morgan fingerprint density at radius 3 is 2.89 bits per heavy atom. The monoisotopic (exact) mass is 278 g/mol. The molecule has 102 valence electrons. The van der Waals surface area contributed by atoms with Gasteiger partial charge in [0.1, 0.15) is 5.75 Å². The van der Waals surface area contributed by atoms with Gasteiger partial charge in [0.15, 0.2) is 11.7 Å². The van der Waals surface area contributed by atoms with Gasteiger partial charge in [-0.2, -0.15) is 0 Å². The second kappa shape index (κ2) is 7.53. The first-order valence-corrected chi connectivity index (χ1v) is 6.32. The molecule has 0 unspecified atom stereocenters. The first-order chi connectivity index (χ1) is 9.02. The summed E-state index contributed by atoms with van der Waals surface area (Å²) in [6.45, 7) is 7.89. The van der Waals surface area contributed by atoms with Crippen LogP contribution in [-0.2, 0) is 4.79 Å². The highest BCUT2D eigenvalue weighted by Gasteiger charge is 2.06. The van der Waals surface area contributed by atoms with E-state index in [-0.39, 0.29) is 17.6 Å². The fraction of sp³-hybridized carbons (Fsp3) is 0.286. The summed E-state index contributed by atoms with van der Waals surface area (Å²) in [7, 11) is 0. The van der Waals surface area contributed by atoms with Gasteiger partial charge < -0.3 is 15.4 Å². The van der Waals surface area contributed by atoms with E-state index in [1.54, 1.807) is 6.08 Å². The summed E-state index contributed by atoms with van der Waals surface area (Å²) in [5.41, 5.74) is 2.08. The van der Waals surface area contributed by atoms with E-state index in [2.05, 4.69) is 17.2 Å². The van der Waals surface area contributed by atoms with Gasteiger partial charge in [0.05, 0.1) is 0 Å². The lowest BCUT2D eigenvalue weighted by molar-refractivity contribution is -0.121. The molecule has 0 bridgehead atoms. The maximum absolute atomic E-state index is 11.6. The molecular formula is C14H18N2O2S. The van der Waals surface area contributed by atoms with Crippen LogP contribution in [-0.4, -0.2) is 24.2 Å². The number of benzene rings is 1. The van der Waals surface area contributed by atoms with Crippen molar-refractivity contribution >= 4 is 23.2 Å². The van der Waals surface area contributed by atoms with Crippen LogP contribution in [0.15, 0.2) is 30.9 Å². The van der Waals surface area contributed by atoms with E-state index in [0.29, 0.717) is 12.3 Å². The Morgan fingerprint density at radius 2 is 2.21 bits per heavy atom. The zero-order valence-corrected chi connectivity index (χ0v) is 12.0. The third-order valence-corrected chi connectivity index (χ3v) is 2.61. The Labute approximate surface area is 118 Å². The van der Waals surface area contributed by atoms with E-state index < -0.39 is 0 Å². The molecule has 1 aromatic rings. The molecular weight excluding hydrogens is 260 g/mol. The third-order valence-electron chi connectivity index (χ3n) is 2.36. The van der Waals surface area contributed by atoms with E-state index in [4.69, 9.17) is 17.0 Å². The van der Waals surface area contributed by atoms with Crippen molar-refractivity contribution in [2.24, 2.45) is 0 Å². The smallest absolute Gasteiger partial charge is 0.264 e. The number of aryl methyl sites for hydroxylation is 2. The van der Waals surface area contributed by atoms with Crippen LogP contribution in [0.2, 0.25) is 0 Å². The van der Waals surface area contributed by atoms with Gasteiger partial charge in [0.25, 0.3) is 5.91 Å². The second-order valence-corrected chi connectivity index (χ2v) is 4.51. The highest BCUT2D eigenvalue weighted by atomic mass is 32.1. The van der Waals surface area contributed by atoms with E-state index in [1.165, 1.54) is 0 Å². The fourth-order valence-corrected chi connectivity index (χ4v) is 1.58. The van der Waals surface area contributed by atoms with Crippen molar-refractivity contribution in [3.63, 3.8) is 0 Å². The Hall–Kier alpha value is -1.88. The Morgan fingerprint density at radius 1 is 1.47 bits per heavy atom. The lowest BCUT2D eigenvalue weighted by atomic mass is 10.1. The quantitative estimate of drug-likeness (QED) is 0.637. The molecule has 0 fully saturated rings. The highest BCUT2D eigenvalue weighted by Crippen LogP contribution is 2.18. The Bertz CT molecular complexity index is 486. The molecule has 0 radical (unpaired) electrons. The fourth-order valence-electron chi connectivity index (χ4n) is 1.38. The number of rotatable bonds is 5. The summed E-state index contributed by atoms with van der Waals surface area (Å²) >= 11 is 4.93. The highest BCUT2D eigenvalue weighted by molar-refractivity contribution is 7.80. The summed E-state index contributed by atoms with van der Waals surface area (Å²) in [5, 5.41) is 5.61. The summed E-state index contributed by atoms with van der Waals surface area (Å²) < 4.78 is 5.47. The molecule has 1 aromatic carbocycles. The number of ether oxygens (including phenoxy) is 1. The number of amides is 1. The second-order valence-electron chi connectivity index (χ2n) is 4.10. The largest absolute Gasteiger partial charge is 0.483 e. The van der Waals surface area contributed by atoms with Crippen LogP contribution >= 0.6 is 12.2 Å². The summed E-state index contributed by atoms with van der Waals surface area (Å²) in [5.74, 6) is 0.419. The molecule has 2 N–H and O–H groups in total. The lowest BCUT2D eigenvalue weighted by Gasteiger charge is -2.11. The molecule has 1 rings (SSSR count). The third kappa shape index (κ3) is 5.52. The molecule has 1 amide bonds. The molecule has 0 aromatic heterocycles. The molecule has 0 aliphatic rings. The number of carbonyl (C=O) groups is 1. The van der Waals surface area contributed by atoms with Crippen LogP contribution in [0.3, 0.4) is 0 Å². The zero-order valence-electron chi connectivity index (χ0n) is 11.2. The van der Waals surface area contributed by atoms with E-state index in [1.807, 2.05) is 32.0 Å². The van der Waals surface area contributed by atoms with Gasteiger partial charge in [-0.25, -0.2) is 0 Å². The van der Waals surface area contributed by atoms with Gasteiger partial charge in [0.2, 0.25) is 0 Å². The van der Waals surface area contributed by atoms with Crippen molar-refractivity contribution in [1.29, 1.82) is 0 Å². The van der Waals surface area contributed by atoms with Crippen molar-refractivity contribution in [1.82, 2.24) is 10.6 Å². The summed E-state index contributed by atoms with van der Waals surface area (Å²) in [6.07, 6.45) is 1.66. The Kier molecular flexibility index (Phi) is 6.02. The predicted molar refractivity (Wildman–Crippen MR) is 80.4 cm³/mol. The maximum Gasteiger partial charge on any atom is 0.264 e. The minimum atomic E-state index is -0.289. The number of thiocarbonyl (C=S) groups is 1. The average molecular weight is 278 g/mol. The number of nitrogens with one attached hydrogen (secondary N) is 2. The van der Waals surface area contributed by atoms with Crippen molar-refractivity contribution in [3.8, 4) is 5.75 Å². The van der Waals surface area contributed by atoms with Gasteiger partial charge in [-0.1, -0.05) is 18.2 Å². The first kappa shape index (κ1) is 15.2. The van der Waals surface area contributed by atoms with Crippen LogP contribution in [0.5, 0.6) is 5.75 Å². The van der Waals surface area contributed by atoms with Gasteiger partial charge in [-0.3, -0.25) is 4.79 Å². The van der Waals surface area contributed by atoms with E-state index in [0.717, 1.165) is 11.1 Å². The van der Waals surface area contributed by atoms with Crippen molar-refractivity contribution in [3.05, 3.63) is 42.0 Å². The van der Waals surface area contributed by atoms with Crippen LogP contribution in [0.1, 0.15) is 11.1 Å². The van der Waals surface area contributed by atoms with Crippen LogP contribution < -0.4 is 15.4 Å². The molecule has 5 heteroatoms. The molecule has 4 nitrogen and oxygen atoms in total. The zero-order chi connectivity index (χ0) is 14.3. The van der Waals surface area contributed by atoms with Gasteiger partial charge >= 0.3 is 0 Å². The number of hydrogen-bond donors (Lipinski definition) is 2. The molecule has 0 saturated carbocycles. The standard InChI is InChI=1S/C14H18N2O2S/c1-4-7-15-14(19)16-13(17)9-18-12-8-10(2)5-6-11(12)3/h4-6,8H,1,7,9H2,2-3H3,(H2,15,16,17,19). The van der Waals surface area contributed by atoms with Crippen molar-refractivity contribution in [2.45, 2.75) is 13.8 Å². The molecule has 0 atom stereocenters. The van der Waals surface area contributed by atoms with Gasteiger partial charge in [-0.05, 0) is 43.3 Å². The minimum absolute atomic E-state index is 0.0692. The molecule has 0 aliphatic carbocycles. The number of hydrogen-bond acceptors (Lipinski definition) is 3. The SMILES string of the molecule is C=CCNC(=S)NC(=O)COc1cc(C)ccc1C. The van der Waals surface area contributed by atoms with Crippen molar-refractivity contribution in [2.75, 3.05) is 13.2 Å². The summed E-state index contributed by atoms with van der Waals surface area (Å²) in [6, 6.07) is 5.85. The predicted octanol–water partition coefficient (Wildman–Crippen LogP) is 1.86. The topological polar surface area (TPSA) is 50.4 Å². The normalized spacial score (nSPS) is 9.58. The van der Waals surface area contributed by atoms with Crippen LogP contribution in [0.25, 0.3) is 0 Å². The van der Waals surface area contributed by atoms with Gasteiger partial charge in [0, 0.05) is 6.54 Å². The minimum Gasteiger partial charge on any atom is -0.483 e. The van der Waals surface area contributed by atoms with E-state index >= 15 is 0 Å². The van der Waals surface area contributed by atoms with Crippen LogP contribution in [0, 0.1) is 13.8 Å². The molecule has 19 heavy (non-hydrogen) atoms. The number of carbonyl (C=O) groups excluding carboxylic acids is 1. The maximum atomic E-state index is 11.6. The first-order valence-electron chi connectivity index (χ1n) is 5.91. The molecule has 0 heterocycles. The Balaban J connectivity index is 2.43. The van der Waals surface area contributed by atoms with Crippen molar-refractivity contribution < 1.29 is 9.53 Å².